The van der Waals surface area contributed by atoms with E-state index < -0.39 is 5.97 Å². The Kier molecular flexibility index (Phi) is 5.25. The molecular formula is C18H23N3O3. The molecule has 1 saturated heterocycles. The first-order valence-electron chi connectivity index (χ1n) is 8.44. The number of hydrogen-bond acceptors (Lipinski definition) is 5. The number of nitrogens with zero attached hydrogens (tertiary/aromatic N) is 3. The molecule has 1 aliphatic heterocycles. The van der Waals surface area contributed by atoms with Crippen LogP contribution in [-0.2, 0) is 11.3 Å². The van der Waals surface area contributed by atoms with Crippen molar-refractivity contribution in [1.82, 2.24) is 15.0 Å². The third kappa shape index (κ3) is 4.41. The van der Waals surface area contributed by atoms with Gasteiger partial charge < -0.3 is 9.63 Å². The Morgan fingerprint density at radius 3 is 3.04 bits per heavy atom. The normalized spacial score (nSPS) is 19.1. The molecule has 1 fully saturated rings. The first-order chi connectivity index (χ1) is 11.6. The Hall–Kier alpha value is -2.21. The van der Waals surface area contributed by atoms with Crippen molar-refractivity contribution in [3.05, 3.63) is 35.7 Å². The van der Waals surface area contributed by atoms with Gasteiger partial charge in [0.15, 0.2) is 0 Å². The van der Waals surface area contributed by atoms with Crippen LogP contribution in [0.15, 0.2) is 28.8 Å². The van der Waals surface area contributed by atoms with E-state index in [0.717, 1.165) is 43.5 Å². The van der Waals surface area contributed by atoms with E-state index in [1.165, 1.54) is 0 Å². The van der Waals surface area contributed by atoms with Crippen LogP contribution >= 0.6 is 0 Å². The van der Waals surface area contributed by atoms with Crippen LogP contribution in [-0.4, -0.2) is 39.2 Å². The number of carboxylic acids is 1. The van der Waals surface area contributed by atoms with Gasteiger partial charge in [0.05, 0.1) is 6.54 Å². The lowest BCUT2D eigenvalue weighted by molar-refractivity contribution is -0.138. The minimum absolute atomic E-state index is 0.270. The molecule has 0 saturated carbocycles. The van der Waals surface area contributed by atoms with E-state index >= 15 is 0 Å². The smallest absolute Gasteiger partial charge is 0.303 e. The summed E-state index contributed by atoms with van der Waals surface area (Å²) >= 11 is 0. The summed E-state index contributed by atoms with van der Waals surface area (Å²) < 4.78 is 5.40. The van der Waals surface area contributed by atoms with Crippen molar-refractivity contribution in [2.45, 2.75) is 39.2 Å². The highest BCUT2D eigenvalue weighted by atomic mass is 16.5. The quantitative estimate of drug-likeness (QED) is 0.908. The van der Waals surface area contributed by atoms with Crippen molar-refractivity contribution in [3.63, 3.8) is 0 Å². The Bertz CT molecular complexity index is 698. The lowest BCUT2D eigenvalue weighted by atomic mass is 9.97. The van der Waals surface area contributed by atoms with Gasteiger partial charge in [0.1, 0.15) is 0 Å². The van der Waals surface area contributed by atoms with E-state index in [4.69, 9.17) is 9.63 Å². The average Bonchev–Trinajstić information content (AvgIpc) is 2.89. The molecule has 1 aliphatic rings. The highest BCUT2D eigenvalue weighted by Crippen LogP contribution is 2.22. The van der Waals surface area contributed by atoms with Crippen molar-refractivity contribution >= 4 is 5.97 Å². The second kappa shape index (κ2) is 7.57. The molecule has 2 aromatic rings. The zero-order valence-electron chi connectivity index (χ0n) is 13.9. The second-order valence-electron chi connectivity index (χ2n) is 6.55. The van der Waals surface area contributed by atoms with Crippen molar-refractivity contribution < 1.29 is 14.4 Å². The van der Waals surface area contributed by atoms with E-state index in [9.17, 15) is 4.79 Å². The molecule has 0 unspecified atom stereocenters. The van der Waals surface area contributed by atoms with Gasteiger partial charge in [-0.3, -0.25) is 9.69 Å². The molecule has 0 spiro atoms. The molecule has 1 N–H and O–H groups in total. The third-order valence-electron chi connectivity index (χ3n) is 4.51. The number of carbonyl (C=O) groups is 1. The van der Waals surface area contributed by atoms with E-state index in [0.29, 0.717) is 18.3 Å². The molecule has 0 radical (unpaired) electrons. The van der Waals surface area contributed by atoms with E-state index in [2.05, 4.69) is 15.0 Å². The fourth-order valence-corrected chi connectivity index (χ4v) is 3.25. The van der Waals surface area contributed by atoms with Crippen LogP contribution in [0.5, 0.6) is 0 Å². The molecule has 24 heavy (non-hydrogen) atoms. The summed E-state index contributed by atoms with van der Waals surface area (Å²) in [5.74, 6) is 0.807. The van der Waals surface area contributed by atoms with Crippen molar-refractivity contribution in [2.75, 3.05) is 13.1 Å². The molecule has 0 amide bonds. The molecule has 1 atom stereocenters. The van der Waals surface area contributed by atoms with Gasteiger partial charge in [-0.05, 0) is 51.3 Å². The van der Waals surface area contributed by atoms with Crippen LogP contribution in [0.1, 0.15) is 37.1 Å². The van der Waals surface area contributed by atoms with E-state index in [1.807, 2.05) is 31.2 Å². The molecule has 0 aliphatic carbocycles. The minimum Gasteiger partial charge on any atom is -0.481 e. The summed E-state index contributed by atoms with van der Waals surface area (Å²) in [5, 5.41) is 13.0. The SMILES string of the molecule is Cc1cccc(-c2noc(CN3CCC[C@@H](CC(=O)O)CC3)n2)c1. The molecule has 128 valence electrons. The number of rotatable bonds is 5. The van der Waals surface area contributed by atoms with Gasteiger partial charge in [-0.25, -0.2) is 0 Å². The largest absolute Gasteiger partial charge is 0.481 e. The first-order valence-corrected chi connectivity index (χ1v) is 8.44. The number of hydrogen-bond donors (Lipinski definition) is 1. The zero-order valence-corrected chi connectivity index (χ0v) is 13.9. The zero-order chi connectivity index (χ0) is 16.9. The van der Waals surface area contributed by atoms with Gasteiger partial charge in [-0.1, -0.05) is 28.9 Å². The Balaban J connectivity index is 1.60. The summed E-state index contributed by atoms with van der Waals surface area (Å²) in [7, 11) is 0. The lowest BCUT2D eigenvalue weighted by Crippen LogP contribution is -2.24. The van der Waals surface area contributed by atoms with Crippen LogP contribution in [0.25, 0.3) is 11.4 Å². The van der Waals surface area contributed by atoms with Gasteiger partial charge in [0, 0.05) is 12.0 Å². The number of aliphatic carboxylic acids is 1. The monoisotopic (exact) mass is 329 g/mol. The van der Waals surface area contributed by atoms with Gasteiger partial charge in [0.25, 0.3) is 0 Å². The van der Waals surface area contributed by atoms with Gasteiger partial charge in [0.2, 0.25) is 11.7 Å². The van der Waals surface area contributed by atoms with Crippen molar-refractivity contribution in [1.29, 1.82) is 0 Å². The Labute approximate surface area is 141 Å². The van der Waals surface area contributed by atoms with E-state index in [1.54, 1.807) is 0 Å². The number of likely N-dealkylation sites (tertiary alicyclic amines) is 1. The molecule has 6 heteroatoms. The van der Waals surface area contributed by atoms with Gasteiger partial charge in [-0.2, -0.15) is 4.98 Å². The third-order valence-corrected chi connectivity index (χ3v) is 4.51. The number of aromatic nitrogens is 2. The second-order valence-corrected chi connectivity index (χ2v) is 6.55. The molecule has 3 rings (SSSR count). The molecule has 0 bridgehead atoms. The van der Waals surface area contributed by atoms with E-state index in [-0.39, 0.29) is 12.3 Å². The van der Waals surface area contributed by atoms with Crippen LogP contribution in [0, 0.1) is 12.8 Å². The first kappa shape index (κ1) is 16.6. The van der Waals surface area contributed by atoms with Crippen molar-refractivity contribution in [3.8, 4) is 11.4 Å². The van der Waals surface area contributed by atoms with Crippen LogP contribution in [0.2, 0.25) is 0 Å². The Morgan fingerprint density at radius 1 is 1.38 bits per heavy atom. The van der Waals surface area contributed by atoms with Gasteiger partial charge in [-0.15, -0.1) is 0 Å². The summed E-state index contributed by atoms with van der Waals surface area (Å²) in [6, 6.07) is 8.04. The summed E-state index contributed by atoms with van der Waals surface area (Å²) in [6.45, 7) is 4.48. The number of aryl methyl sites for hydroxylation is 1. The maximum Gasteiger partial charge on any atom is 0.303 e. The summed E-state index contributed by atoms with van der Waals surface area (Å²) in [6.07, 6.45) is 3.16. The van der Waals surface area contributed by atoms with Crippen LogP contribution < -0.4 is 0 Å². The molecular weight excluding hydrogens is 306 g/mol. The highest BCUT2D eigenvalue weighted by molar-refractivity contribution is 5.67. The molecule has 1 aromatic heterocycles. The molecule has 2 heterocycles. The standard InChI is InChI=1S/C18H23N3O3/c1-13-4-2-6-15(10-13)18-19-16(24-20-18)12-21-8-3-5-14(7-9-21)11-17(22)23/h2,4,6,10,14H,3,5,7-9,11-12H2,1H3,(H,22,23)/t14-/m1/s1. The minimum atomic E-state index is -0.701. The van der Waals surface area contributed by atoms with Crippen molar-refractivity contribution in [2.24, 2.45) is 5.92 Å². The number of carboxylic acid groups (broad SMARTS) is 1. The Morgan fingerprint density at radius 2 is 2.25 bits per heavy atom. The predicted octanol–water partition coefficient (Wildman–Crippen LogP) is 3.12. The molecule has 6 nitrogen and oxygen atoms in total. The predicted molar refractivity (Wildman–Crippen MR) is 89.3 cm³/mol. The maximum absolute atomic E-state index is 10.9. The van der Waals surface area contributed by atoms with Crippen LogP contribution in [0.4, 0.5) is 0 Å². The fraction of sp³-hybridized carbons (Fsp3) is 0.500. The average molecular weight is 329 g/mol. The summed E-state index contributed by atoms with van der Waals surface area (Å²) in [4.78, 5) is 17.6. The maximum atomic E-state index is 10.9. The summed E-state index contributed by atoms with van der Waals surface area (Å²) in [5.41, 5.74) is 2.12. The number of benzene rings is 1. The van der Waals surface area contributed by atoms with Gasteiger partial charge >= 0.3 is 5.97 Å². The topological polar surface area (TPSA) is 79.5 Å². The lowest BCUT2D eigenvalue weighted by Gasteiger charge is -2.17. The van der Waals surface area contributed by atoms with Crippen LogP contribution in [0.3, 0.4) is 0 Å². The highest BCUT2D eigenvalue weighted by Gasteiger charge is 2.21. The fourth-order valence-electron chi connectivity index (χ4n) is 3.25. The molecule has 1 aromatic carbocycles.